The van der Waals surface area contributed by atoms with Gasteiger partial charge in [-0.15, -0.1) is 0 Å². The summed E-state index contributed by atoms with van der Waals surface area (Å²) in [5.74, 6) is 5.38. The Morgan fingerprint density at radius 2 is 2.20 bits per heavy atom. The van der Waals surface area contributed by atoms with E-state index in [1.165, 1.54) is 12.3 Å². The molecule has 0 aromatic carbocycles. The lowest BCUT2D eigenvalue weighted by molar-refractivity contribution is 0.581. The van der Waals surface area contributed by atoms with Gasteiger partial charge in [0.25, 0.3) is 0 Å². The van der Waals surface area contributed by atoms with Crippen molar-refractivity contribution < 1.29 is 8.42 Å². The fourth-order valence-electron chi connectivity index (χ4n) is 1.50. The lowest BCUT2D eigenvalue weighted by atomic mass is 10.4. The van der Waals surface area contributed by atoms with Crippen LogP contribution >= 0.6 is 11.6 Å². The molecule has 2 heterocycles. The van der Waals surface area contributed by atoms with Crippen LogP contribution < -0.4 is 16.0 Å². The third-order valence-corrected chi connectivity index (χ3v) is 4.14. The number of nitrogens with zero attached hydrogens (tertiary/aromatic N) is 3. The van der Waals surface area contributed by atoms with Crippen LogP contribution in [0.1, 0.15) is 5.56 Å². The van der Waals surface area contributed by atoms with Crippen LogP contribution in [-0.4, -0.2) is 23.2 Å². The third-order valence-electron chi connectivity index (χ3n) is 2.49. The number of rotatable bonds is 5. The molecule has 0 fully saturated rings. The molecular weight excluding hydrogens is 304 g/mol. The van der Waals surface area contributed by atoms with Crippen LogP contribution in [0.2, 0.25) is 5.02 Å². The van der Waals surface area contributed by atoms with Gasteiger partial charge in [0.2, 0.25) is 10.0 Å². The number of aromatic nitrogens is 3. The van der Waals surface area contributed by atoms with Crippen LogP contribution in [-0.2, 0) is 23.6 Å². The SMILES string of the molecule is Cn1cc(CNS(=O)(=O)c2cnc(NN)c(Cl)c2)cn1. The van der Waals surface area contributed by atoms with Crippen LogP contribution in [0.25, 0.3) is 0 Å². The van der Waals surface area contributed by atoms with Gasteiger partial charge >= 0.3 is 0 Å². The number of nitrogen functional groups attached to an aromatic ring is 1. The number of hydrogen-bond donors (Lipinski definition) is 3. The number of aryl methyl sites for hydroxylation is 1. The van der Waals surface area contributed by atoms with E-state index in [1.54, 1.807) is 24.1 Å². The molecule has 0 aliphatic rings. The van der Waals surface area contributed by atoms with E-state index < -0.39 is 10.0 Å². The topological polar surface area (TPSA) is 115 Å². The number of hydrazine groups is 1. The summed E-state index contributed by atoms with van der Waals surface area (Å²) in [4.78, 5) is 3.78. The maximum Gasteiger partial charge on any atom is 0.242 e. The number of nitrogens with two attached hydrogens (primary N) is 1. The summed E-state index contributed by atoms with van der Waals surface area (Å²) in [6.07, 6.45) is 4.47. The van der Waals surface area contributed by atoms with Crippen LogP contribution in [0.4, 0.5) is 5.82 Å². The van der Waals surface area contributed by atoms with E-state index in [2.05, 4.69) is 20.2 Å². The van der Waals surface area contributed by atoms with Gasteiger partial charge in [0.1, 0.15) is 4.90 Å². The Labute approximate surface area is 121 Å². The number of nitrogens with one attached hydrogen (secondary N) is 2. The highest BCUT2D eigenvalue weighted by Gasteiger charge is 2.16. The lowest BCUT2D eigenvalue weighted by Crippen LogP contribution is -2.23. The highest BCUT2D eigenvalue weighted by atomic mass is 35.5. The summed E-state index contributed by atoms with van der Waals surface area (Å²) in [7, 11) is -1.95. The van der Waals surface area contributed by atoms with E-state index in [1.807, 2.05) is 0 Å². The van der Waals surface area contributed by atoms with Gasteiger partial charge in [-0.3, -0.25) is 4.68 Å². The summed E-state index contributed by atoms with van der Waals surface area (Å²) in [5.41, 5.74) is 3.01. The van der Waals surface area contributed by atoms with E-state index in [0.29, 0.717) is 0 Å². The average Bonchev–Trinajstić information content (AvgIpc) is 2.82. The van der Waals surface area contributed by atoms with Gasteiger partial charge < -0.3 is 5.43 Å². The summed E-state index contributed by atoms with van der Waals surface area (Å²) >= 11 is 5.85. The first-order chi connectivity index (χ1) is 9.42. The van der Waals surface area contributed by atoms with Crippen molar-refractivity contribution >= 4 is 27.4 Å². The molecule has 0 bridgehead atoms. The highest BCUT2D eigenvalue weighted by molar-refractivity contribution is 7.89. The normalized spacial score (nSPS) is 11.6. The van der Waals surface area contributed by atoms with Gasteiger partial charge in [0.15, 0.2) is 5.82 Å². The molecule has 20 heavy (non-hydrogen) atoms. The zero-order valence-electron chi connectivity index (χ0n) is 10.5. The number of anilines is 1. The second-order valence-electron chi connectivity index (χ2n) is 3.99. The zero-order valence-corrected chi connectivity index (χ0v) is 12.1. The standard InChI is InChI=1S/C10H13ClN6O2S/c1-17-6-7(3-14-17)4-15-20(18,19)8-2-9(11)10(16-12)13-5-8/h2-3,5-6,15H,4,12H2,1H3,(H,13,16). The summed E-state index contributed by atoms with van der Waals surface area (Å²) in [5, 5.41) is 4.08. The van der Waals surface area contributed by atoms with Crippen LogP contribution in [0.3, 0.4) is 0 Å². The summed E-state index contributed by atoms with van der Waals surface area (Å²) in [6.45, 7) is 0.130. The van der Waals surface area contributed by atoms with Gasteiger partial charge in [0.05, 0.1) is 11.2 Å². The number of sulfonamides is 1. The Kier molecular flexibility index (Phi) is 4.23. The van der Waals surface area contributed by atoms with Crippen LogP contribution in [0.15, 0.2) is 29.6 Å². The molecule has 108 valence electrons. The molecule has 0 unspecified atom stereocenters. The molecule has 0 atom stereocenters. The molecule has 0 spiro atoms. The Morgan fingerprint density at radius 3 is 2.75 bits per heavy atom. The first-order valence-electron chi connectivity index (χ1n) is 5.52. The molecule has 0 aliphatic carbocycles. The number of halogens is 1. The minimum absolute atomic E-state index is 0.0367. The minimum Gasteiger partial charge on any atom is -0.307 e. The molecule has 0 radical (unpaired) electrons. The van der Waals surface area contributed by atoms with Crippen molar-refractivity contribution in [2.45, 2.75) is 11.4 Å². The maximum absolute atomic E-state index is 12.1. The molecule has 8 nitrogen and oxygen atoms in total. The van der Waals surface area contributed by atoms with Crippen molar-refractivity contribution in [2.75, 3.05) is 5.43 Å². The molecule has 2 aromatic rings. The van der Waals surface area contributed by atoms with E-state index in [9.17, 15) is 8.42 Å². The lowest BCUT2D eigenvalue weighted by Gasteiger charge is -2.07. The van der Waals surface area contributed by atoms with E-state index >= 15 is 0 Å². The molecular formula is C10H13ClN6O2S. The third kappa shape index (κ3) is 3.25. The smallest absolute Gasteiger partial charge is 0.242 e. The van der Waals surface area contributed by atoms with E-state index in [4.69, 9.17) is 17.4 Å². The van der Waals surface area contributed by atoms with Gasteiger partial charge in [-0.25, -0.2) is 24.0 Å². The van der Waals surface area contributed by atoms with Crippen molar-refractivity contribution in [3.05, 3.63) is 35.2 Å². The quantitative estimate of drug-likeness (QED) is 0.537. The van der Waals surface area contributed by atoms with Crippen molar-refractivity contribution in [1.82, 2.24) is 19.5 Å². The summed E-state index contributed by atoms with van der Waals surface area (Å²) in [6, 6.07) is 1.27. The molecule has 0 amide bonds. The predicted molar refractivity (Wildman–Crippen MR) is 74.3 cm³/mol. The van der Waals surface area contributed by atoms with E-state index in [-0.39, 0.29) is 22.3 Å². The molecule has 10 heteroatoms. The van der Waals surface area contributed by atoms with Crippen molar-refractivity contribution in [3.63, 3.8) is 0 Å². The second kappa shape index (κ2) is 5.75. The zero-order chi connectivity index (χ0) is 14.8. The van der Waals surface area contributed by atoms with Gasteiger partial charge in [0, 0.05) is 31.5 Å². The monoisotopic (exact) mass is 316 g/mol. The van der Waals surface area contributed by atoms with Crippen molar-refractivity contribution in [1.29, 1.82) is 0 Å². The molecule has 2 aromatic heterocycles. The number of pyridine rings is 1. The largest absolute Gasteiger partial charge is 0.307 e. The average molecular weight is 317 g/mol. The molecule has 0 aliphatic heterocycles. The Morgan fingerprint density at radius 1 is 1.45 bits per heavy atom. The molecule has 4 N–H and O–H groups in total. The molecule has 0 saturated heterocycles. The molecule has 0 saturated carbocycles. The predicted octanol–water partition coefficient (Wildman–Crippen LogP) is 0.233. The Bertz CT molecular complexity index is 714. The van der Waals surface area contributed by atoms with Crippen molar-refractivity contribution in [2.24, 2.45) is 12.9 Å². The van der Waals surface area contributed by atoms with Crippen molar-refractivity contribution in [3.8, 4) is 0 Å². The fraction of sp³-hybridized carbons (Fsp3) is 0.200. The second-order valence-corrected chi connectivity index (χ2v) is 6.17. The van der Waals surface area contributed by atoms with Gasteiger partial charge in [-0.1, -0.05) is 11.6 Å². The first kappa shape index (κ1) is 14.7. The first-order valence-corrected chi connectivity index (χ1v) is 7.38. The number of hydrogen-bond acceptors (Lipinski definition) is 6. The van der Waals surface area contributed by atoms with E-state index in [0.717, 1.165) is 5.56 Å². The summed E-state index contributed by atoms with van der Waals surface area (Å²) < 4.78 is 28.2. The fourth-order valence-corrected chi connectivity index (χ4v) is 2.77. The van der Waals surface area contributed by atoms with Crippen LogP contribution in [0.5, 0.6) is 0 Å². The minimum atomic E-state index is -3.70. The molecule has 2 rings (SSSR count). The highest BCUT2D eigenvalue weighted by Crippen LogP contribution is 2.21. The Hall–Kier alpha value is -1.68. The van der Waals surface area contributed by atoms with Gasteiger partial charge in [-0.2, -0.15) is 5.10 Å². The van der Waals surface area contributed by atoms with Gasteiger partial charge in [-0.05, 0) is 6.07 Å². The van der Waals surface area contributed by atoms with Crippen LogP contribution in [0, 0.1) is 0 Å². The maximum atomic E-state index is 12.1. The Balaban J connectivity index is 2.15.